The van der Waals surface area contributed by atoms with Crippen LogP contribution in [0.5, 0.6) is 0 Å². The van der Waals surface area contributed by atoms with Crippen LogP contribution in [0.4, 0.5) is 5.69 Å². The molecule has 1 aromatic carbocycles. The van der Waals surface area contributed by atoms with Gasteiger partial charge in [-0.15, -0.1) is 11.3 Å². The van der Waals surface area contributed by atoms with Crippen molar-refractivity contribution in [2.75, 3.05) is 5.32 Å². The zero-order valence-corrected chi connectivity index (χ0v) is 15.3. The van der Waals surface area contributed by atoms with Crippen LogP contribution >= 0.6 is 27.3 Å². The SMILES string of the molecule is NS(=O)(=O)c1ccc2c(c1)C1C=CCC1C(c1sccc1Br)N2. The van der Waals surface area contributed by atoms with Crippen molar-refractivity contribution in [2.24, 2.45) is 11.1 Å². The van der Waals surface area contributed by atoms with Crippen molar-refractivity contribution >= 4 is 43.0 Å². The van der Waals surface area contributed by atoms with Crippen molar-refractivity contribution in [3.63, 3.8) is 0 Å². The van der Waals surface area contributed by atoms with Gasteiger partial charge < -0.3 is 5.32 Å². The van der Waals surface area contributed by atoms with Crippen LogP contribution in [0, 0.1) is 5.92 Å². The molecule has 1 aliphatic carbocycles. The van der Waals surface area contributed by atoms with Crippen LogP contribution < -0.4 is 10.5 Å². The molecule has 0 saturated heterocycles. The second-order valence-corrected chi connectivity index (χ2v) is 9.27. The molecule has 0 amide bonds. The van der Waals surface area contributed by atoms with Crippen molar-refractivity contribution in [1.82, 2.24) is 0 Å². The van der Waals surface area contributed by atoms with Gasteiger partial charge in [0.15, 0.2) is 0 Å². The molecule has 1 aliphatic heterocycles. The Morgan fingerprint density at radius 3 is 2.83 bits per heavy atom. The molecular formula is C16H15BrN2O2S2. The lowest BCUT2D eigenvalue weighted by Crippen LogP contribution is -2.29. The molecule has 0 saturated carbocycles. The van der Waals surface area contributed by atoms with Gasteiger partial charge in [-0.05, 0) is 63.5 Å². The predicted octanol–water partition coefficient (Wildman–Crippen LogP) is 3.98. The molecule has 23 heavy (non-hydrogen) atoms. The normalized spacial score (nSPS) is 25.7. The number of benzene rings is 1. The number of sulfonamides is 1. The molecule has 1 aromatic heterocycles. The van der Waals surface area contributed by atoms with Gasteiger partial charge in [0.2, 0.25) is 10.0 Å². The van der Waals surface area contributed by atoms with Gasteiger partial charge in [0.1, 0.15) is 0 Å². The first-order chi connectivity index (χ1) is 10.9. The van der Waals surface area contributed by atoms with Crippen LogP contribution in [0.25, 0.3) is 0 Å². The van der Waals surface area contributed by atoms with Crippen molar-refractivity contribution < 1.29 is 8.42 Å². The summed E-state index contributed by atoms with van der Waals surface area (Å²) in [5.41, 5.74) is 2.00. The average Bonchev–Trinajstić information content (AvgIpc) is 3.14. The minimum atomic E-state index is -3.69. The van der Waals surface area contributed by atoms with E-state index in [1.807, 2.05) is 6.07 Å². The number of allylic oxidation sites excluding steroid dienone is 2. The highest BCUT2D eigenvalue weighted by Crippen LogP contribution is 2.52. The Labute approximate surface area is 147 Å². The maximum Gasteiger partial charge on any atom is 0.238 e. The van der Waals surface area contributed by atoms with Gasteiger partial charge in [-0.3, -0.25) is 0 Å². The molecule has 7 heteroatoms. The first-order valence-electron chi connectivity index (χ1n) is 7.28. The van der Waals surface area contributed by atoms with Gasteiger partial charge in [-0.25, -0.2) is 13.6 Å². The van der Waals surface area contributed by atoms with E-state index in [9.17, 15) is 8.42 Å². The maximum atomic E-state index is 11.6. The fourth-order valence-electron chi connectivity index (χ4n) is 3.54. The van der Waals surface area contributed by atoms with E-state index in [4.69, 9.17) is 5.14 Å². The smallest absolute Gasteiger partial charge is 0.238 e. The molecular weight excluding hydrogens is 396 g/mol. The third-order valence-corrected chi connectivity index (χ3v) is 7.45. The third kappa shape index (κ3) is 2.55. The van der Waals surface area contributed by atoms with Gasteiger partial charge in [0.05, 0.1) is 10.9 Å². The number of primary sulfonamides is 1. The number of anilines is 1. The van der Waals surface area contributed by atoms with Gasteiger partial charge in [0, 0.05) is 21.0 Å². The minimum absolute atomic E-state index is 0.174. The summed E-state index contributed by atoms with van der Waals surface area (Å²) < 4.78 is 24.4. The van der Waals surface area contributed by atoms with Gasteiger partial charge in [0.25, 0.3) is 0 Å². The van der Waals surface area contributed by atoms with Crippen LogP contribution in [-0.4, -0.2) is 8.42 Å². The quantitative estimate of drug-likeness (QED) is 0.735. The van der Waals surface area contributed by atoms with Crippen LogP contribution in [0.1, 0.15) is 28.8 Å². The number of hydrogen-bond acceptors (Lipinski definition) is 4. The number of thiophene rings is 1. The summed E-state index contributed by atoms with van der Waals surface area (Å²) in [5.74, 6) is 0.597. The molecule has 0 radical (unpaired) electrons. The standard InChI is InChI=1S/C16H15BrN2O2S2/c17-13-6-7-22-16(13)15-11-3-1-2-10(11)12-8-9(23(18,20)21)4-5-14(12)19-15/h1-2,4-8,10-11,15,19H,3H2,(H2,18,20,21). The van der Waals surface area contributed by atoms with Gasteiger partial charge in [-0.2, -0.15) is 0 Å². The summed E-state index contributed by atoms with van der Waals surface area (Å²) >= 11 is 5.36. The Hall–Kier alpha value is -1.15. The average molecular weight is 411 g/mol. The Balaban J connectivity index is 1.82. The highest BCUT2D eigenvalue weighted by atomic mass is 79.9. The summed E-state index contributed by atoms with van der Waals surface area (Å²) in [7, 11) is -3.69. The second-order valence-electron chi connectivity index (χ2n) is 5.90. The zero-order valence-electron chi connectivity index (χ0n) is 12.1. The lowest BCUT2D eigenvalue weighted by Gasteiger charge is -2.37. The number of hydrogen-bond donors (Lipinski definition) is 2. The Kier molecular flexibility index (Phi) is 3.64. The molecule has 120 valence electrons. The van der Waals surface area contributed by atoms with Crippen molar-refractivity contribution in [2.45, 2.75) is 23.3 Å². The molecule has 4 nitrogen and oxygen atoms in total. The predicted molar refractivity (Wildman–Crippen MR) is 96.2 cm³/mol. The first-order valence-corrected chi connectivity index (χ1v) is 10.5. The van der Waals surface area contributed by atoms with Gasteiger partial charge >= 0.3 is 0 Å². The zero-order chi connectivity index (χ0) is 16.2. The maximum absolute atomic E-state index is 11.6. The summed E-state index contributed by atoms with van der Waals surface area (Å²) in [6.07, 6.45) is 5.35. The van der Waals surface area contributed by atoms with E-state index >= 15 is 0 Å². The Morgan fingerprint density at radius 1 is 1.30 bits per heavy atom. The molecule has 0 fully saturated rings. The fourth-order valence-corrected chi connectivity index (χ4v) is 5.83. The third-order valence-electron chi connectivity index (χ3n) is 4.59. The summed E-state index contributed by atoms with van der Waals surface area (Å²) in [6.45, 7) is 0. The number of nitrogens with two attached hydrogens (primary N) is 1. The molecule has 2 heterocycles. The summed E-state index contributed by atoms with van der Waals surface area (Å²) in [6, 6.07) is 7.40. The molecule has 2 aromatic rings. The van der Waals surface area contributed by atoms with Crippen LogP contribution in [0.15, 0.2) is 51.2 Å². The minimum Gasteiger partial charge on any atom is -0.377 e. The lowest BCUT2D eigenvalue weighted by molar-refractivity contribution is 0.428. The van der Waals surface area contributed by atoms with E-state index in [1.165, 1.54) is 4.88 Å². The van der Waals surface area contributed by atoms with Crippen molar-refractivity contribution in [3.05, 3.63) is 56.7 Å². The number of rotatable bonds is 2. The van der Waals surface area contributed by atoms with E-state index < -0.39 is 10.0 Å². The van der Waals surface area contributed by atoms with Crippen LogP contribution in [0.2, 0.25) is 0 Å². The lowest BCUT2D eigenvalue weighted by atomic mass is 9.79. The Bertz CT molecular complexity index is 905. The van der Waals surface area contributed by atoms with Crippen molar-refractivity contribution in [1.29, 1.82) is 0 Å². The van der Waals surface area contributed by atoms with E-state index in [1.54, 1.807) is 23.5 Å². The molecule has 2 aliphatic rings. The summed E-state index contributed by atoms with van der Waals surface area (Å²) in [4.78, 5) is 1.46. The fraction of sp³-hybridized carbons (Fsp3) is 0.250. The monoisotopic (exact) mass is 410 g/mol. The number of halogens is 1. The van der Waals surface area contributed by atoms with Crippen LogP contribution in [0.3, 0.4) is 0 Å². The van der Waals surface area contributed by atoms with Crippen LogP contribution in [-0.2, 0) is 10.0 Å². The second kappa shape index (κ2) is 5.44. The molecule has 0 bridgehead atoms. The Morgan fingerprint density at radius 2 is 2.13 bits per heavy atom. The molecule has 4 rings (SSSR count). The highest BCUT2D eigenvalue weighted by molar-refractivity contribution is 9.10. The molecule has 0 spiro atoms. The number of nitrogens with one attached hydrogen (secondary N) is 1. The first kappa shape index (κ1) is 15.4. The summed E-state index contributed by atoms with van der Waals surface area (Å²) in [5, 5.41) is 11.0. The van der Waals surface area contributed by atoms with Gasteiger partial charge in [-0.1, -0.05) is 12.2 Å². The van der Waals surface area contributed by atoms with E-state index in [2.05, 4.69) is 44.8 Å². The number of fused-ring (bicyclic) bond motifs is 3. The van der Waals surface area contributed by atoms with E-state index in [-0.39, 0.29) is 16.9 Å². The topological polar surface area (TPSA) is 72.2 Å². The largest absolute Gasteiger partial charge is 0.377 e. The van der Waals surface area contributed by atoms with E-state index in [0.717, 1.165) is 22.1 Å². The molecule has 3 unspecified atom stereocenters. The highest BCUT2D eigenvalue weighted by Gasteiger charge is 2.39. The van der Waals surface area contributed by atoms with E-state index in [0.29, 0.717) is 5.92 Å². The van der Waals surface area contributed by atoms with Crippen molar-refractivity contribution in [3.8, 4) is 0 Å². The molecule has 3 N–H and O–H groups in total. The molecule has 3 atom stereocenters.